The lowest BCUT2D eigenvalue weighted by molar-refractivity contribution is -0.142. The summed E-state index contributed by atoms with van der Waals surface area (Å²) >= 11 is 0. The van der Waals surface area contributed by atoms with E-state index in [9.17, 15) is 9.59 Å². The van der Waals surface area contributed by atoms with Crippen LogP contribution in [-0.2, 0) is 9.59 Å². The Morgan fingerprint density at radius 2 is 1.81 bits per heavy atom. The lowest BCUT2D eigenvalue weighted by atomic mass is 10.1. The highest BCUT2D eigenvalue weighted by atomic mass is 16.4. The van der Waals surface area contributed by atoms with Crippen LogP contribution >= 0.6 is 0 Å². The van der Waals surface area contributed by atoms with Crippen molar-refractivity contribution in [2.75, 3.05) is 26.7 Å². The lowest BCUT2D eigenvalue weighted by Crippen LogP contribution is -2.43. The standard InChI is InChI=1S/C10H18N2O4/c1-7-3-8(4-11(7)2)12(5-9(13)14)6-10(15)16/h7-8H,3-6H2,1-2H3,(H,13,14)(H,15,16). The number of hydrogen-bond acceptors (Lipinski definition) is 4. The third-order valence-corrected chi connectivity index (χ3v) is 3.06. The van der Waals surface area contributed by atoms with Crippen LogP contribution in [0.3, 0.4) is 0 Å². The number of carboxylic acid groups (broad SMARTS) is 2. The molecule has 0 aromatic carbocycles. The van der Waals surface area contributed by atoms with Gasteiger partial charge in [-0.25, -0.2) is 0 Å². The summed E-state index contributed by atoms with van der Waals surface area (Å²) in [6.07, 6.45) is 0.817. The van der Waals surface area contributed by atoms with Crippen molar-refractivity contribution >= 4 is 11.9 Å². The zero-order valence-corrected chi connectivity index (χ0v) is 9.59. The molecule has 0 saturated carbocycles. The largest absolute Gasteiger partial charge is 0.480 e. The molecule has 0 aromatic heterocycles. The van der Waals surface area contributed by atoms with Gasteiger partial charge >= 0.3 is 11.9 Å². The predicted molar refractivity (Wildman–Crippen MR) is 57.3 cm³/mol. The van der Waals surface area contributed by atoms with E-state index in [-0.39, 0.29) is 19.1 Å². The molecule has 0 aliphatic carbocycles. The molecule has 2 atom stereocenters. The molecular weight excluding hydrogens is 212 g/mol. The highest BCUT2D eigenvalue weighted by Crippen LogP contribution is 2.19. The summed E-state index contributed by atoms with van der Waals surface area (Å²) in [7, 11) is 1.96. The highest BCUT2D eigenvalue weighted by Gasteiger charge is 2.32. The maximum Gasteiger partial charge on any atom is 0.317 e. The molecule has 1 fully saturated rings. The smallest absolute Gasteiger partial charge is 0.317 e. The normalized spacial score (nSPS) is 26.2. The summed E-state index contributed by atoms with van der Waals surface area (Å²) < 4.78 is 0. The Hall–Kier alpha value is -1.14. The number of nitrogens with zero attached hydrogens (tertiary/aromatic N) is 2. The summed E-state index contributed by atoms with van der Waals surface area (Å²) in [5.41, 5.74) is 0. The second-order valence-electron chi connectivity index (χ2n) is 4.37. The molecule has 2 unspecified atom stereocenters. The molecule has 1 aliphatic rings. The first-order valence-electron chi connectivity index (χ1n) is 5.28. The second-order valence-corrected chi connectivity index (χ2v) is 4.37. The number of likely N-dealkylation sites (N-methyl/N-ethyl adjacent to an activating group) is 1. The van der Waals surface area contributed by atoms with Crippen LogP contribution in [0.4, 0.5) is 0 Å². The fourth-order valence-corrected chi connectivity index (χ4v) is 2.09. The van der Waals surface area contributed by atoms with Gasteiger partial charge in [0.2, 0.25) is 0 Å². The number of likely N-dealkylation sites (tertiary alicyclic amines) is 1. The van der Waals surface area contributed by atoms with Gasteiger partial charge in [-0.3, -0.25) is 14.5 Å². The van der Waals surface area contributed by atoms with E-state index >= 15 is 0 Å². The second kappa shape index (κ2) is 5.27. The number of hydrogen-bond donors (Lipinski definition) is 2. The van der Waals surface area contributed by atoms with E-state index in [1.807, 2.05) is 7.05 Å². The topological polar surface area (TPSA) is 81.1 Å². The van der Waals surface area contributed by atoms with Gasteiger partial charge in [-0.05, 0) is 20.4 Å². The molecule has 0 aromatic rings. The van der Waals surface area contributed by atoms with Crippen molar-refractivity contribution in [1.82, 2.24) is 9.80 Å². The first kappa shape index (κ1) is 12.9. The molecule has 92 valence electrons. The van der Waals surface area contributed by atoms with E-state index in [4.69, 9.17) is 10.2 Å². The van der Waals surface area contributed by atoms with Crippen LogP contribution in [0.2, 0.25) is 0 Å². The molecule has 1 rings (SSSR count). The molecule has 0 bridgehead atoms. The van der Waals surface area contributed by atoms with Crippen LogP contribution in [0, 0.1) is 0 Å². The van der Waals surface area contributed by atoms with E-state index in [0.717, 1.165) is 13.0 Å². The minimum absolute atomic E-state index is 0.0206. The van der Waals surface area contributed by atoms with Crippen molar-refractivity contribution in [3.05, 3.63) is 0 Å². The van der Waals surface area contributed by atoms with E-state index in [1.165, 1.54) is 4.90 Å². The fourth-order valence-electron chi connectivity index (χ4n) is 2.09. The Morgan fingerprint density at radius 3 is 2.12 bits per heavy atom. The monoisotopic (exact) mass is 230 g/mol. The Labute approximate surface area is 94.4 Å². The van der Waals surface area contributed by atoms with Crippen LogP contribution in [-0.4, -0.2) is 70.7 Å². The summed E-state index contributed by atoms with van der Waals surface area (Å²) in [4.78, 5) is 25.0. The molecule has 0 amide bonds. The quantitative estimate of drug-likeness (QED) is 0.666. The maximum absolute atomic E-state index is 10.7. The Morgan fingerprint density at radius 1 is 1.31 bits per heavy atom. The van der Waals surface area contributed by atoms with Crippen molar-refractivity contribution in [3.8, 4) is 0 Å². The first-order valence-corrected chi connectivity index (χ1v) is 5.28. The van der Waals surface area contributed by atoms with Gasteiger partial charge in [-0.1, -0.05) is 0 Å². The van der Waals surface area contributed by atoms with E-state index in [1.54, 1.807) is 0 Å². The number of rotatable bonds is 5. The average molecular weight is 230 g/mol. The van der Waals surface area contributed by atoms with Gasteiger partial charge in [-0.2, -0.15) is 0 Å². The number of carboxylic acids is 2. The van der Waals surface area contributed by atoms with E-state index in [2.05, 4.69) is 11.8 Å². The molecule has 0 spiro atoms. The zero-order valence-electron chi connectivity index (χ0n) is 9.59. The van der Waals surface area contributed by atoms with Crippen LogP contribution in [0.25, 0.3) is 0 Å². The van der Waals surface area contributed by atoms with Gasteiger partial charge in [0, 0.05) is 18.6 Å². The van der Waals surface area contributed by atoms with E-state index in [0.29, 0.717) is 6.04 Å². The van der Waals surface area contributed by atoms with Crippen molar-refractivity contribution < 1.29 is 19.8 Å². The van der Waals surface area contributed by atoms with Gasteiger partial charge in [0.1, 0.15) is 0 Å². The van der Waals surface area contributed by atoms with Crippen molar-refractivity contribution in [1.29, 1.82) is 0 Å². The molecular formula is C10H18N2O4. The SMILES string of the molecule is CC1CC(N(CC(=O)O)CC(=O)O)CN1C. The van der Waals surface area contributed by atoms with Gasteiger partial charge in [0.25, 0.3) is 0 Å². The summed E-state index contributed by atoms with van der Waals surface area (Å²) in [6, 6.07) is 0.391. The molecule has 6 heteroatoms. The minimum atomic E-state index is -0.983. The average Bonchev–Trinajstić information content (AvgIpc) is 2.44. The van der Waals surface area contributed by atoms with Crippen molar-refractivity contribution in [2.24, 2.45) is 0 Å². The molecule has 1 saturated heterocycles. The third kappa shape index (κ3) is 3.46. The molecule has 1 aliphatic heterocycles. The zero-order chi connectivity index (χ0) is 12.3. The summed E-state index contributed by atoms with van der Waals surface area (Å²) in [5.74, 6) is -1.97. The molecule has 6 nitrogen and oxygen atoms in total. The van der Waals surface area contributed by atoms with Crippen LogP contribution in [0.1, 0.15) is 13.3 Å². The Kier molecular flexibility index (Phi) is 4.26. The van der Waals surface area contributed by atoms with Crippen LogP contribution in [0.5, 0.6) is 0 Å². The van der Waals surface area contributed by atoms with Gasteiger partial charge in [0.05, 0.1) is 13.1 Å². The van der Waals surface area contributed by atoms with Crippen LogP contribution in [0.15, 0.2) is 0 Å². The van der Waals surface area contributed by atoms with Gasteiger partial charge in [0.15, 0.2) is 0 Å². The summed E-state index contributed by atoms with van der Waals surface area (Å²) in [6.45, 7) is 2.36. The molecule has 0 radical (unpaired) electrons. The highest BCUT2D eigenvalue weighted by molar-refractivity contribution is 5.72. The molecule has 1 heterocycles. The van der Waals surface area contributed by atoms with Crippen LogP contribution < -0.4 is 0 Å². The van der Waals surface area contributed by atoms with Gasteiger partial charge in [-0.15, -0.1) is 0 Å². The minimum Gasteiger partial charge on any atom is -0.480 e. The van der Waals surface area contributed by atoms with Gasteiger partial charge < -0.3 is 15.1 Å². The number of aliphatic carboxylic acids is 2. The Balaban J connectivity index is 2.62. The van der Waals surface area contributed by atoms with Crippen molar-refractivity contribution in [2.45, 2.75) is 25.4 Å². The van der Waals surface area contributed by atoms with Crippen molar-refractivity contribution in [3.63, 3.8) is 0 Å². The van der Waals surface area contributed by atoms with E-state index < -0.39 is 11.9 Å². The Bertz CT molecular complexity index is 256. The third-order valence-electron chi connectivity index (χ3n) is 3.06. The predicted octanol–water partition coefficient (Wildman–Crippen LogP) is -0.450. The first-order chi connectivity index (χ1) is 7.40. The molecule has 2 N–H and O–H groups in total. The maximum atomic E-state index is 10.7. The molecule has 16 heavy (non-hydrogen) atoms. The lowest BCUT2D eigenvalue weighted by Gasteiger charge is -2.25. The fraction of sp³-hybridized carbons (Fsp3) is 0.800. The number of carbonyl (C=O) groups is 2. The summed E-state index contributed by atoms with van der Waals surface area (Å²) in [5, 5.41) is 17.5.